The summed E-state index contributed by atoms with van der Waals surface area (Å²) in [4.78, 5) is 11.8. The van der Waals surface area contributed by atoms with Crippen LogP contribution in [0, 0.1) is 5.92 Å². The van der Waals surface area contributed by atoms with E-state index in [1.165, 1.54) is 41.7 Å². The van der Waals surface area contributed by atoms with Crippen LogP contribution in [0.4, 0.5) is 0 Å². The number of phenolic OH excluding ortho intramolecular Hbond substituents is 2. The maximum Gasteiger partial charge on any atom is 0.303 e. The van der Waals surface area contributed by atoms with Gasteiger partial charge in [0, 0.05) is 17.1 Å². The predicted molar refractivity (Wildman–Crippen MR) is 126 cm³/mol. The van der Waals surface area contributed by atoms with E-state index in [4.69, 9.17) is 5.11 Å². The summed E-state index contributed by atoms with van der Waals surface area (Å²) in [5.74, 6) is 2.03. The molecule has 31 heavy (non-hydrogen) atoms. The van der Waals surface area contributed by atoms with Crippen molar-refractivity contribution in [2.24, 2.45) is 5.92 Å². The van der Waals surface area contributed by atoms with Gasteiger partial charge < -0.3 is 15.3 Å². The number of benzene rings is 2. The maximum atomic E-state index is 10.6. The smallest absolute Gasteiger partial charge is 0.303 e. The molecule has 1 heterocycles. The van der Waals surface area contributed by atoms with Gasteiger partial charge in [0.2, 0.25) is 0 Å². The van der Waals surface area contributed by atoms with Gasteiger partial charge in [-0.3, -0.25) is 4.79 Å². The van der Waals surface area contributed by atoms with E-state index >= 15 is 0 Å². The molecule has 5 heteroatoms. The molecule has 0 aliphatic carbocycles. The van der Waals surface area contributed by atoms with E-state index < -0.39 is 5.97 Å². The van der Waals surface area contributed by atoms with Crippen LogP contribution in [0.5, 0.6) is 11.5 Å². The SMILES string of the molecule is O=C(O)CCCCCCCCCC1c2ccc(O)cc2SCC1Cc1ccc(O)cc1. The van der Waals surface area contributed by atoms with Crippen molar-refractivity contribution >= 4 is 17.7 Å². The van der Waals surface area contributed by atoms with E-state index in [0.29, 0.717) is 23.3 Å². The third kappa shape index (κ3) is 7.49. The Morgan fingerprint density at radius 1 is 0.871 bits per heavy atom. The number of hydrogen-bond acceptors (Lipinski definition) is 4. The van der Waals surface area contributed by atoms with Gasteiger partial charge in [-0.05, 0) is 66.5 Å². The van der Waals surface area contributed by atoms with Crippen molar-refractivity contribution in [1.82, 2.24) is 0 Å². The van der Waals surface area contributed by atoms with E-state index in [0.717, 1.165) is 37.9 Å². The molecule has 2 unspecified atom stereocenters. The molecule has 2 atom stereocenters. The highest BCUT2D eigenvalue weighted by atomic mass is 32.2. The Morgan fingerprint density at radius 2 is 1.52 bits per heavy atom. The molecular formula is C26H34O4S. The third-order valence-corrected chi connectivity index (χ3v) is 7.52. The molecule has 0 bridgehead atoms. The zero-order valence-electron chi connectivity index (χ0n) is 18.1. The van der Waals surface area contributed by atoms with E-state index in [-0.39, 0.29) is 6.42 Å². The monoisotopic (exact) mass is 442 g/mol. The fraction of sp³-hybridized carbons (Fsp3) is 0.500. The first kappa shape index (κ1) is 23.5. The van der Waals surface area contributed by atoms with Crippen LogP contribution in [0.1, 0.15) is 74.8 Å². The van der Waals surface area contributed by atoms with Crippen LogP contribution in [-0.4, -0.2) is 27.0 Å². The molecule has 2 aromatic rings. The number of rotatable bonds is 12. The quantitative estimate of drug-likeness (QED) is 0.317. The molecule has 4 nitrogen and oxygen atoms in total. The summed E-state index contributed by atoms with van der Waals surface area (Å²) in [6.07, 6.45) is 10.2. The zero-order valence-corrected chi connectivity index (χ0v) is 18.9. The largest absolute Gasteiger partial charge is 0.508 e. The van der Waals surface area contributed by atoms with Crippen molar-refractivity contribution in [2.75, 3.05) is 5.75 Å². The van der Waals surface area contributed by atoms with Crippen LogP contribution in [0.2, 0.25) is 0 Å². The standard InChI is InChI=1S/C26H34O4S/c27-21-12-10-19(11-13-21)16-20-18-31-25-17-22(28)14-15-24(25)23(20)8-6-4-2-1-3-5-7-9-26(29)30/h10-15,17,20,23,27-28H,1-9,16,18H2,(H,29,30). The highest BCUT2D eigenvalue weighted by Crippen LogP contribution is 2.45. The Morgan fingerprint density at radius 3 is 2.23 bits per heavy atom. The van der Waals surface area contributed by atoms with Gasteiger partial charge in [0.05, 0.1) is 0 Å². The molecule has 0 aromatic heterocycles. The van der Waals surface area contributed by atoms with Gasteiger partial charge in [-0.2, -0.15) is 0 Å². The van der Waals surface area contributed by atoms with Crippen molar-refractivity contribution in [2.45, 2.75) is 75.0 Å². The van der Waals surface area contributed by atoms with E-state index in [1.54, 1.807) is 12.1 Å². The molecule has 168 valence electrons. The molecule has 0 saturated heterocycles. The average Bonchev–Trinajstić information content (AvgIpc) is 2.74. The number of fused-ring (bicyclic) bond motifs is 1. The molecule has 2 aromatic carbocycles. The first-order valence-electron chi connectivity index (χ1n) is 11.5. The summed E-state index contributed by atoms with van der Waals surface area (Å²) in [7, 11) is 0. The first-order valence-corrected chi connectivity index (χ1v) is 12.5. The number of carbonyl (C=O) groups is 1. The topological polar surface area (TPSA) is 77.8 Å². The molecule has 3 rings (SSSR count). The Labute approximate surface area is 189 Å². The summed E-state index contributed by atoms with van der Waals surface area (Å²) < 4.78 is 0. The Hall–Kier alpha value is -2.14. The molecule has 0 fully saturated rings. The zero-order chi connectivity index (χ0) is 22.1. The second-order valence-electron chi connectivity index (χ2n) is 8.68. The number of phenols is 2. The summed E-state index contributed by atoms with van der Waals surface area (Å²) in [6, 6.07) is 13.4. The Balaban J connectivity index is 1.52. The van der Waals surface area contributed by atoms with E-state index in [2.05, 4.69) is 6.07 Å². The molecule has 0 amide bonds. The highest BCUT2D eigenvalue weighted by molar-refractivity contribution is 7.99. The maximum absolute atomic E-state index is 10.6. The fourth-order valence-corrected chi connectivity index (χ4v) is 5.91. The lowest BCUT2D eigenvalue weighted by atomic mass is 9.79. The fourth-order valence-electron chi connectivity index (χ4n) is 4.57. The van der Waals surface area contributed by atoms with Crippen LogP contribution < -0.4 is 0 Å². The van der Waals surface area contributed by atoms with Crippen LogP contribution in [0.25, 0.3) is 0 Å². The minimum atomic E-state index is -0.693. The van der Waals surface area contributed by atoms with Gasteiger partial charge in [0.15, 0.2) is 0 Å². The van der Waals surface area contributed by atoms with Crippen LogP contribution in [-0.2, 0) is 11.2 Å². The van der Waals surface area contributed by atoms with E-state index in [9.17, 15) is 15.0 Å². The predicted octanol–water partition coefficient (Wildman–Crippen LogP) is 6.74. The third-order valence-electron chi connectivity index (χ3n) is 6.26. The number of carboxylic acid groups (broad SMARTS) is 1. The number of hydrogen-bond donors (Lipinski definition) is 3. The van der Waals surface area contributed by atoms with E-state index in [1.807, 2.05) is 36.0 Å². The lowest BCUT2D eigenvalue weighted by Crippen LogP contribution is -2.22. The van der Waals surface area contributed by atoms with Gasteiger partial charge in [0.1, 0.15) is 11.5 Å². The summed E-state index contributed by atoms with van der Waals surface area (Å²) in [5.41, 5.74) is 2.63. The van der Waals surface area contributed by atoms with Crippen LogP contribution >= 0.6 is 11.8 Å². The van der Waals surface area contributed by atoms with Gasteiger partial charge >= 0.3 is 5.97 Å². The molecule has 1 aliphatic heterocycles. The highest BCUT2D eigenvalue weighted by Gasteiger charge is 2.30. The Bertz CT molecular complexity index is 834. The number of carboxylic acids is 1. The first-order chi connectivity index (χ1) is 15.0. The average molecular weight is 443 g/mol. The molecule has 1 aliphatic rings. The summed E-state index contributed by atoms with van der Waals surface area (Å²) >= 11 is 1.84. The van der Waals surface area contributed by atoms with Gasteiger partial charge in [-0.25, -0.2) is 0 Å². The van der Waals surface area contributed by atoms with Gasteiger partial charge in [0.25, 0.3) is 0 Å². The number of unbranched alkanes of at least 4 members (excludes halogenated alkanes) is 6. The number of aromatic hydroxyl groups is 2. The van der Waals surface area contributed by atoms with Gasteiger partial charge in [-0.1, -0.05) is 56.7 Å². The lowest BCUT2D eigenvalue weighted by molar-refractivity contribution is -0.137. The van der Waals surface area contributed by atoms with Crippen molar-refractivity contribution in [3.8, 4) is 11.5 Å². The van der Waals surface area contributed by atoms with Crippen molar-refractivity contribution in [3.63, 3.8) is 0 Å². The summed E-state index contributed by atoms with van der Waals surface area (Å²) in [5, 5.41) is 28.2. The van der Waals surface area contributed by atoms with Crippen LogP contribution in [0.15, 0.2) is 47.4 Å². The molecule has 0 spiro atoms. The second-order valence-corrected chi connectivity index (χ2v) is 9.74. The molecule has 0 saturated carbocycles. The van der Waals surface area contributed by atoms with Crippen LogP contribution in [0.3, 0.4) is 0 Å². The second kappa shape index (κ2) is 12.0. The van der Waals surface area contributed by atoms with Crippen molar-refractivity contribution < 1.29 is 20.1 Å². The summed E-state index contributed by atoms with van der Waals surface area (Å²) in [6.45, 7) is 0. The minimum Gasteiger partial charge on any atom is -0.508 e. The van der Waals surface area contributed by atoms with Crippen molar-refractivity contribution in [3.05, 3.63) is 53.6 Å². The van der Waals surface area contributed by atoms with Crippen molar-refractivity contribution in [1.29, 1.82) is 0 Å². The van der Waals surface area contributed by atoms with Gasteiger partial charge in [-0.15, -0.1) is 11.8 Å². The lowest BCUT2D eigenvalue weighted by Gasteiger charge is -2.34. The number of aliphatic carboxylic acids is 1. The molecule has 3 N–H and O–H groups in total. The minimum absolute atomic E-state index is 0.289. The Kier molecular flexibility index (Phi) is 9.13. The molecular weight excluding hydrogens is 408 g/mol. The normalized spacial score (nSPS) is 17.9. The number of thioether (sulfide) groups is 1. The molecule has 0 radical (unpaired) electrons.